The Kier molecular flexibility index (Phi) is 7.75. The van der Waals surface area contributed by atoms with Gasteiger partial charge >= 0.3 is 11.9 Å². The molecule has 23 heavy (non-hydrogen) atoms. The fourth-order valence-electron chi connectivity index (χ4n) is 2.68. The third-order valence-electron chi connectivity index (χ3n) is 4.00. The lowest BCUT2D eigenvalue weighted by Crippen LogP contribution is -2.28. The molecule has 5 nitrogen and oxygen atoms in total. The number of hydrogen-bond acceptors (Lipinski definition) is 3. The molecule has 0 heterocycles. The SMILES string of the molecule is CCCCN(CCCC)Cc1c(C(=O)O)ccc(C)c1C(=O)O. The quantitative estimate of drug-likeness (QED) is 0.685. The first-order valence-corrected chi connectivity index (χ1v) is 8.23. The zero-order valence-corrected chi connectivity index (χ0v) is 14.3. The second kappa shape index (κ2) is 9.30. The van der Waals surface area contributed by atoms with E-state index in [0.29, 0.717) is 17.7 Å². The molecule has 0 atom stereocenters. The molecule has 128 valence electrons. The Bertz CT molecular complexity index is 546. The van der Waals surface area contributed by atoms with Crippen LogP contribution >= 0.6 is 0 Å². The average Bonchev–Trinajstić information content (AvgIpc) is 2.49. The largest absolute Gasteiger partial charge is 0.478 e. The van der Waals surface area contributed by atoms with Gasteiger partial charge in [0.25, 0.3) is 0 Å². The van der Waals surface area contributed by atoms with Gasteiger partial charge in [-0.1, -0.05) is 32.8 Å². The van der Waals surface area contributed by atoms with E-state index in [1.165, 1.54) is 6.07 Å². The number of nitrogens with zero attached hydrogens (tertiary/aromatic N) is 1. The van der Waals surface area contributed by atoms with Crippen molar-refractivity contribution in [3.05, 3.63) is 34.4 Å². The van der Waals surface area contributed by atoms with Crippen LogP contribution in [-0.2, 0) is 6.54 Å². The summed E-state index contributed by atoms with van der Waals surface area (Å²) in [5.41, 5.74) is 1.23. The van der Waals surface area contributed by atoms with Crippen LogP contribution in [-0.4, -0.2) is 40.1 Å². The van der Waals surface area contributed by atoms with Crippen molar-refractivity contribution in [2.45, 2.75) is 53.0 Å². The van der Waals surface area contributed by atoms with Crippen molar-refractivity contribution >= 4 is 11.9 Å². The molecule has 0 aliphatic carbocycles. The number of hydrogen-bond donors (Lipinski definition) is 2. The second-order valence-corrected chi connectivity index (χ2v) is 5.88. The van der Waals surface area contributed by atoms with Crippen LogP contribution in [0.25, 0.3) is 0 Å². The van der Waals surface area contributed by atoms with Crippen LogP contribution in [0.2, 0.25) is 0 Å². The predicted molar refractivity (Wildman–Crippen MR) is 90.2 cm³/mol. The molecule has 0 aliphatic heterocycles. The Hall–Kier alpha value is -1.88. The molecule has 1 aromatic carbocycles. The van der Waals surface area contributed by atoms with Gasteiger partial charge in [-0.05, 0) is 50.0 Å². The Morgan fingerprint density at radius 1 is 1.00 bits per heavy atom. The first-order chi connectivity index (χ1) is 10.9. The van der Waals surface area contributed by atoms with Crippen molar-refractivity contribution in [3.63, 3.8) is 0 Å². The minimum atomic E-state index is -1.08. The van der Waals surface area contributed by atoms with Gasteiger partial charge in [-0.15, -0.1) is 0 Å². The van der Waals surface area contributed by atoms with Crippen molar-refractivity contribution in [2.75, 3.05) is 13.1 Å². The molecule has 0 bridgehead atoms. The highest BCUT2D eigenvalue weighted by atomic mass is 16.4. The standard InChI is InChI=1S/C18H27NO4/c1-4-6-10-19(11-7-5-2)12-15-14(17(20)21)9-8-13(3)16(15)18(22)23/h8-9H,4-7,10-12H2,1-3H3,(H,20,21)(H,22,23). The Labute approximate surface area is 137 Å². The van der Waals surface area contributed by atoms with Crippen LogP contribution in [0.5, 0.6) is 0 Å². The van der Waals surface area contributed by atoms with Crippen molar-refractivity contribution in [1.29, 1.82) is 0 Å². The van der Waals surface area contributed by atoms with E-state index >= 15 is 0 Å². The summed E-state index contributed by atoms with van der Waals surface area (Å²) >= 11 is 0. The molecule has 0 unspecified atom stereocenters. The van der Waals surface area contributed by atoms with E-state index in [9.17, 15) is 19.8 Å². The summed E-state index contributed by atoms with van der Waals surface area (Å²) in [5, 5.41) is 18.9. The molecule has 0 fully saturated rings. The highest BCUT2D eigenvalue weighted by Gasteiger charge is 2.22. The van der Waals surface area contributed by atoms with Gasteiger partial charge in [0.15, 0.2) is 0 Å². The van der Waals surface area contributed by atoms with Crippen molar-refractivity contribution in [1.82, 2.24) is 4.90 Å². The maximum absolute atomic E-state index is 11.6. The molecule has 0 aromatic heterocycles. The van der Waals surface area contributed by atoms with E-state index in [-0.39, 0.29) is 11.1 Å². The summed E-state index contributed by atoms with van der Waals surface area (Å²) in [6, 6.07) is 3.08. The smallest absolute Gasteiger partial charge is 0.336 e. The van der Waals surface area contributed by atoms with E-state index in [1.54, 1.807) is 13.0 Å². The fraction of sp³-hybridized carbons (Fsp3) is 0.556. The van der Waals surface area contributed by atoms with Crippen LogP contribution in [0.15, 0.2) is 12.1 Å². The summed E-state index contributed by atoms with van der Waals surface area (Å²) in [4.78, 5) is 25.3. The van der Waals surface area contributed by atoms with Crippen molar-refractivity contribution in [3.8, 4) is 0 Å². The molecular formula is C18H27NO4. The fourth-order valence-corrected chi connectivity index (χ4v) is 2.68. The lowest BCUT2D eigenvalue weighted by atomic mass is 9.95. The van der Waals surface area contributed by atoms with Crippen molar-refractivity contribution in [2.24, 2.45) is 0 Å². The van der Waals surface area contributed by atoms with E-state index in [4.69, 9.17) is 0 Å². The molecule has 0 radical (unpaired) electrons. The molecule has 2 N–H and O–H groups in total. The van der Waals surface area contributed by atoms with E-state index in [0.717, 1.165) is 38.8 Å². The van der Waals surface area contributed by atoms with Crippen LogP contribution < -0.4 is 0 Å². The molecule has 1 rings (SSSR count). The lowest BCUT2D eigenvalue weighted by Gasteiger charge is -2.24. The number of carboxylic acid groups (broad SMARTS) is 2. The summed E-state index contributed by atoms with van der Waals surface area (Å²) in [5.74, 6) is -2.14. The third-order valence-corrected chi connectivity index (χ3v) is 4.00. The minimum absolute atomic E-state index is 0.0889. The molecule has 0 amide bonds. The zero-order valence-electron chi connectivity index (χ0n) is 14.3. The molecule has 0 spiro atoms. The summed E-state index contributed by atoms with van der Waals surface area (Å²) in [6.45, 7) is 7.99. The first kappa shape index (κ1) is 19.2. The average molecular weight is 321 g/mol. The molecule has 1 aromatic rings. The van der Waals surface area contributed by atoms with Gasteiger partial charge in [-0.2, -0.15) is 0 Å². The van der Waals surface area contributed by atoms with Gasteiger partial charge in [-0.3, -0.25) is 4.90 Å². The van der Waals surface area contributed by atoms with Gasteiger partial charge in [0.05, 0.1) is 11.1 Å². The number of carbonyl (C=O) groups is 2. The lowest BCUT2D eigenvalue weighted by molar-refractivity contribution is 0.0692. The zero-order chi connectivity index (χ0) is 17.4. The van der Waals surface area contributed by atoms with Crippen molar-refractivity contribution < 1.29 is 19.8 Å². The Balaban J connectivity index is 3.22. The van der Waals surface area contributed by atoms with Gasteiger partial charge in [0.1, 0.15) is 0 Å². The van der Waals surface area contributed by atoms with Gasteiger partial charge in [0, 0.05) is 6.54 Å². The predicted octanol–water partition coefficient (Wildman–Crippen LogP) is 3.79. The third kappa shape index (κ3) is 5.36. The second-order valence-electron chi connectivity index (χ2n) is 5.88. The highest BCUT2D eigenvalue weighted by Crippen LogP contribution is 2.22. The summed E-state index contributed by atoms with van der Waals surface area (Å²) in [6.07, 6.45) is 4.13. The van der Waals surface area contributed by atoms with E-state index in [2.05, 4.69) is 18.7 Å². The molecule has 0 saturated heterocycles. The van der Waals surface area contributed by atoms with Gasteiger partial charge in [0.2, 0.25) is 0 Å². The number of aryl methyl sites for hydroxylation is 1. The first-order valence-electron chi connectivity index (χ1n) is 8.23. The number of benzene rings is 1. The molecule has 5 heteroatoms. The topological polar surface area (TPSA) is 77.8 Å². The van der Waals surface area contributed by atoms with E-state index < -0.39 is 11.9 Å². The normalized spacial score (nSPS) is 11.0. The molecular weight excluding hydrogens is 294 g/mol. The highest BCUT2D eigenvalue weighted by molar-refractivity contribution is 5.97. The van der Waals surface area contributed by atoms with Crippen LogP contribution in [0, 0.1) is 6.92 Å². The maximum atomic E-state index is 11.6. The van der Waals surface area contributed by atoms with E-state index in [1.807, 2.05) is 0 Å². The monoisotopic (exact) mass is 321 g/mol. The van der Waals surface area contributed by atoms with Gasteiger partial charge in [-0.25, -0.2) is 9.59 Å². The number of unbranched alkanes of at least 4 members (excludes halogenated alkanes) is 2. The maximum Gasteiger partial charge on any atom is 0.336 e. The minimum Gasteiger partial charge on any atom is -0.478 e. The Morgan fingerprint density at radius 3 is 2.00 bits per heavy atom. The Morgan fingerprint density at radius 2 is 1.57 bits per heavy atom. The summed E-state index contributed by atoms with van der Waals surface area (Å²) < 4.78 is 0. The van der Waals surface area contributed by atoms with Gasteiger partial charge < -0.3 is 10.2 Å². The number of aromatic carboxylic acids is 2. The van der Waals surface area contributed by atoms with Crippen LogP contribution in [0.1, 0.15) is 71.4 Å². The number of carboxylic acids is 2. The summed E-state index contributed by atoms with van der Waals surface area (Å²) in [7, 11) is 0. The van der Waals surface area contributed by atoms with Crippen LogP contribution in [0.3, 0.4) is 0 Å². The number of rotatable bonds is 10. The molecule has 0 aliphatic rings. The molecule has 0 saturated carbocycles. The van der Waals surface area contributed by atoms with Crippen LogP contribution in [0.4, 0.5) is 0 Å².